The zero-order valence-corrected chi connectivity index (χ0v) is 8.81. The van der Waals surface area contributed by atoms with E-state index < -0.39 is 5.91 Å². The lowest BCUT2D eigenvalue weighted by molar-refractivity contribution is 0.0995. The van der Waals surface area contributed by atoms with Crippen LogP contribution in [0.4, 0.5) is 5.82 Å². The van der Waals surface area contributed by atoms with Gasteiger partial charge in [-0.3, -0.25) is 4.79 Å². The molecule has 0 spiro atoms. The summed E-state index contributed by atoms with van der Waals surface area (Å²) >= 11 is 0. The molecule has 5 nitrogen and oxygen atoms in total. The molecule has 1 heterocycles. The van der Waals surface area contributed by atoms with E-state index in [1.54, 1.807) is 12.1 Å². The first kappa shape index (κ1) is 10.9. The molecule has 4 N–H and O–H groups in total. The molecule has 0 aliphatic heterocycles. The van der Waals surface area contributed by atoms with Crippen LogP contribution in [0.1, 0.15) is 29.8 Å². The number of rotatable bonds is 3. The summed E-state index contributed by atoms with van der Waals surface area (Å²) in [4.78, 5) is 14.9. The summed E-state index contributed by atoms with van der Waals surface area (Å²) in [5.74, 6) is 0.0155. The first-order valence-electron chi connectivity index (χ1n) is 5.28. The lowest BCUT2D eigenvalue weighted by Gasteiger charge is -2.12. The summed E-state index contributed by atoms with van der Waals surface area (Å²) in [7, 11) is 0. The molecule has 0 bridgehead atoms. The minimum absolute atomic E-state index is 0.128. The van der Waals surface area contributed by atoms with E-state index in [4.69, 9.17) is 5.73 Å². The zero-order chi connectivity index (χ0) is 11.5. The SMILES string of the molecule is NC(=O)c1[c]ccc(N[C@H]2CC[C@H](O)C2)n1. The number of nitrogens with two attached hydrogens (primary N) is 1. The second kappa shape index (κ2) is 4.49. The standard InChI is InChI=1S/C11H14N3O2/c12-11(16)9-2-1-3-10(14-9)13-7-4-5-8(15)6-7/h1,3,7-8,15H,4-6H2,(H2,12,16)(H,13,14)/t7-,8-/m0/s1. The van der Waals surface area contributed by atoms with Crippen LogP contribution in [0, 0.1) is 6.07 Å². The number of anilines is 1. The number of amides is 1. The molecule has 5 heteroatoms. The smallest absolute Gasteiger partial charge is 0.268 e. The largest absolute Gasteiger partial charge is 0.393 e. The lowest BCUT2D eigenvalue weighted by atomic mass is 10.2. The van der Waals surface area contributed by atoms with Gasteiger partial charge in [-0.1, -0.05) is 0 Å². The number of nitrogens with one attached hydrogen (secondary N) is 1. The van der Waals surface area contributed by atoms with Crippen LogP contribution in [-0.4, -0.2) is 28.1 Å². The van der Waals surface area contributed by atoms with Crippen molar-refractivity contribution in [2.24, 2.45) is 5.73 Å². The van der Waals surface area contributed by atoms with Crippen molar-refractivity contribution >= 4 is 11.7 Å². The Morgan fingerprint density at radius 2 is 2.44 bits per heavy atom. The van der Waals surface area contributed by atoms with Crippen LogP contribution in [0.25, 0.3) is 0 Å². The van der Waals surface area contributed by atoms with Crippen LogP contribution >= 0.6 is 0 Å². The maximum Gasteiger partial charge on any atom is 0.268 e. The van der Waals surface area contributed by atoms with Crippen molar-refractivity contribution in [1.82, 2.24) is 4.98 Å². The van der Waals surface area contributed by atoms with E-state index in [0.717, 1.165) is 12.8 Å². The molecule has 1 aromatic heterocycles. The quantitative estimate of drug-likeness (QED) is 0.683. The van der Waals surface area contributed by atoms with Gasteiger partial charge < -0.3 is 16.2 Å². The van der Waals surface area contributed by atoms with E-state index in [2.05, 4.69) is 16.4 Å². The summed E-state index contributed by atoms with van der Waals surface area (Å²) in [6.45, 7) is 0. The van der Waals surface area contributed by atoms with Gasteiger partial charge >= 0.3 is 0 Å². The fraction of sp³-hybridized carbons (Fsp3) is 0.455. The molecule has 0 unspecified atom stereocenters. The zero-order valence-electron chi connectivity index (χ0n) is 8.81. The Morgan fingerprint density at radius 1 is 1.62 bits per heavy atom. The summed E-state index contributed by atoms with van der Waals surface area (Å²) in [6.07, 6.45) is 2.20. The van der Waals surface area contributed by atoms with Gasteiger partial charge in [0.25, 0.3) is 5.91 Å². The molecule has 1 aromatic rings. The number of hydrogen-bond acceptors (Lipinski definition) is 4. The monoisotopic (exact) mass is 220 g/mol. The van der Waals surface area contributed by atoms with E-state index in [1.165, 1.54) is 0 Å². The Bertz CT molecular complexity index is 395. The molecule has 1 radical (unpaired) electrons. The van der Waals surface area contributed by atoms with Crippen LogP contribution < -0.4 is 11.1 Å². The van der Waals surface area contributed by atoms with E-state index in [9.17, 15) is 9.90 Å². The van der Waals surface area contributed by atoms with Crippen molar-refractivity contribution < 1.29 is 9.90 Å². The summed E-state index contributed by atoms with van der Waals surface area (Å²) in [5, 5.41) is 12.5. The summed E-state index contributed by atoms with van der Waals surface area (Å²) < 4.78 is 0. The first-order valence-corrected chi connectivity index (χ1v) is 5.28. The van der Waals surface area contributed by atoms with Crippen molar-refractivity contribution in [3.63, 3.8) is 0 Å². The number of nitrogens with zero attached hydrogens (tertiary/aromatic N) is 1. The van der Waals surface area contributed by atoms with Crippen LogP contribution in [0.15, 0.2) is 12.1 Å². The lowest BCUT2D eigenvalue weighted by Crippen LogP contribution is -2.19. The minimum atomic E-state index is -0.588. The van der Waals surface area contributed by atoms with Crippen molar-refractivity contribution in [2.75, 3.05) is 5.32 Å². The van der Waals surface area contributed by atoms with Crippen molar-refractivity contribution in [2.45, 2.75) is 31.4 Å². The number of carbonyl (C=O) groups is 1. The van der Waals surface area contributed by atoms with Gasteiger partial charge in [-0.15, -0.1) is 0 Å². The molecule has 0 saturated heterocycles. The Balaban J connectivity index is 2.04. The number of hydrogen-bond donors (Lipinski definition) is 3. The van der Waals surface area contributed by atoms with E-state index in [1.807, 2.05) is 0 Å². The van der Waals surface area contributed by atoms with E-state index >= 15 is 0 Å². The molecular weight excluding hydrogens is 206 g/mol. The van der Waals surface area contributed by atoms with Crippen molar-refractivity contribution in [3.05, 3.63) is 23.9 Å². The van der Waals surface area contributed by atoms with Crippen molar-refractivity contribution in [1.29, 1.82) is 0 Å². The van der Waals surface area contributed by atoms with Crippen LogP contribution in [0.2, 0.25) is 0 Å². The van der Waals surface area contributed by atoms with Gasteiger partial charge in [-0.05, 0) is 31.4 Å². The molecule has 16 heavy (non-hydrogen) atoms. The number of primary amides is 1. The van der Waals surface area contributed by atoms with Gasteiger partial charge in [0.05, 0.1) is 6.10 Å². The highest BCUT2D eigenvalue weighted by Crippen LogP contribution is 2.22. The molecular formula is C11H14N3O2. The number of carbonyl (C=O) groups excluding carboxylic acids is 1. The molecule has 1 amide bonds. The Morgan fingerprint density at radius 3 is 3.06 bits per heavy atom. The number of aliphatic hydroxyl groups is 1. The molecule has 1 saturated carbocycles. The van der Waals surface area contributed by atoms with Gasteiger partial charge in [0.2, 0.25) is 0 Å². The topological polar surface area (TPSA) is 88.2 Å². The van der Waals surface area contributed by atoms with Crippen LogP contribution in [0.3, 0.4) is 0 Å². The van der Waals surface area contributed by atoms with Gasteiger partial charge in [-0.2, -0.15) is 0 Å². The molecule has 2 rings (SSSR count). The first-order chi connectivity index (χ1) is 7.65. The molecule has 1 fully saturated rings. The van der Waals surface area contributed by atoms with Crippen LogP contribution in [0.5, 0.6) is 0 Å². The fourth-order valence-electron chi connectivity index (χ4n) is 1.89. The van der Waals surface area contributed by atoms with E-state index in [0.29, 0.717) is 12.2 Å². The Hall–Kier alpha value is -1.62. The maximum absolute atomic E-state index is 10.9. The average Bonchev–Trinajstić information content (AvgIpc) is 2.64. The predicted molar refractivity (Wildman–Crippen MR) is 58.9 cm³/mol. The Kier molecular flexibility index (Phi) is 3.05. The summed E-state index contributed by atoms with van der Waals surface area (Å²) in [6, 6.07) is 6.23. The van der Waals surface area contributed by atoms with Gasteiger partial charge in [0.15, 0.2) is 0 Å². The minimum Gasteiger partial charge on any atom is -0.393 e. The third kappa shape index (κ3) is 2.49. The van der Waals surface area contributed by atoms with Gasteiger partial charge in [-0.25, -0.2) is 4.98 Å². The normalized spacial score (nSPS) is 24.3. The fourth-order valence-corrected chi connectivity index (χ4v) is 1.89. The molecule has 1 aliphatic rings. The third-order valence-corrected chi connectivity index (χ3v) is 2.68. The molecule has 1 aliphatic carbocycles. The second-order valence-electron chi connectivity index (χ2n) is 4.00. The number of aromatic nitrogens is 1. The highest BCUT2D eigenvalue weighted by atomic mass is 16.3. The van der Waals surface area contributed by atoms with Crippen molar-refractivity contribution in [3.8, 4) is 0 Å². The highest BCUT2D eigenvalue weighted by Gasteiger charge is 2.22. The number of pyridine rings is 1. The number of aliphatic hydroxyl groups excluding tert-OH is 1. The highest BCUT2D eigenvalue weighted by molar-refractivity contribution is 5.90. The van der Waals surface area contributed by atoms with E-state index in [-0.39, 0.29) is 17.8 Å². The molecule has 85 valence electrons. The van der Waals surface area contributed by atoms with Gasteiger partial charge in [0, 0.05) is 12.1 Å². The maximum atomic E-state index is 10.9. The molecule has 0 aromatic carbocycles. The predicted octanol–water partition coefficient (Wildman–Crippen LogP) is 0.306. The Labute approximate surface area is 93.7 Å². The third-order valence-electron chi connectivity index (χ3n) is 2.68. The molecule has 2 atom stereocenters. The average molecular weight is 220 g/mol. The van der Waals surface area contributed by atoms with Crippen LogP contribution in [-0.2, 0) is 0 Å². The van der Waals surface area contributed by atoms with Gasteiger partial charge in [0.1, 0.15) is 11.5 Å². The second-order valence-corrected chi connectivity index (χ2v) is 4.00. The summed E-state index contributed by atoms with van der Waals surface area (Å²) in [5.41, 5.74) is 5.24.